The number of carbonyl (C=O) groups excluding carboxylic acids is 1. The number of nitrogens with one attached hydrogen (secondary N) is 2. The number of halogens is 1. The Morgan fingerprint density at radius 3 is 2.69 bits per heavy atom. The van der Waals surface area contributed by atoms with Gasteiger partial charge in [0.05, 0.1) is 22.8 Å². The molecule has 136 valence electrons. The predicted octanol–water partition coefficient (Wildman–Crippen LogP) is 4.27. The van der Waals surface area contributed by atoms with Crippen LogP contribution in [0.3, 0.4) is 0 Å². The second-order valence-electron chi connectivity index (χ2n) is 5.17. The molecule has 0 atom stereocenters. The van der Waals surface area contributed by atoms with E-state index in [1.807, 2.05) is 6.92 Å². The molecular weight excluding hydrogens is 422 g/mol. The van der Waals surface area contributed by atoms with Crippen molar-refractivity contribution < 1.29 is 14.5 Å². The minimum Gasteiger partial charge on any atom is -0.493 e. The van der Waals surface area contributed by atoms with Gasteiger partial charge in [-0.15, -0.1) is 0 Å². The molecule has 0 saturated heterocycles. The zero-order chi connectivity index (χ0) is 19.1. The first-order valence-corrected chi connectivity index (χ1v) is 8.90. The molecule has 2 aromatic carbocycles. The van der Waals surface area contributed by atoms with Crippen LogP contribution in [0.1, 0.15) is 23.7 Å². The fourth-order valence-corrected chi connectivity index (χ4v) is 2.70. The lowest BCUT2D eigenvalue weighted by Crippen LogP contribution is -2.34. The average molecular weight is 438 g/mol. The Morgan fingerprint density at radius 2 is 2.04 bits per heavy atom. The summed E-state index contributed by atoms with van der Waals surface area (Å²) in [4.78, 5) is 22.7. The van der Waals surface area contributed by atoms with Gasteiger partial charge in [0, 0.05) is 16.6 Å². The Hall–Kier alpha value is -2.52. The summed E-state index contributed by atoms with van der Waals surface area (Å²) in [6.45, 7) is 2.48. The van der Waals surface area contributed by atoms with Crippen molar-refractivity contribution in [1.82, 2.24) is 5.32 Å². The van der Waals surface area contributed by atoms with Gasteiger partial charge < -0.3 is 10.1 Å². The molecule has 0 aliphatic rings. The number of nitro benzene ring substituents is 1. The largest absolute Gasteiger partial charge is 0.493 e. The van der Waals surface area contributed by atoms with Crippen molar-refractivity contribution in [3.63, 3.8) is 0 Å². The van der Waals surface area contributed by atoms with Gasteiger partial charge in [-0.2, -0.15) is 0 Å². The van der Waals surface area contributed by atoms with Crippen LogP contribution >= 0.6 is 28.1 Å². The zero-order valence-corrected chi connectivity index (χ0v) is 16.2. The quantitative estimate of drug-likeness (QED) is 0.398. The fraction of sp³-hybridized carbons (Fsp3) is 0.176. The summed E-state index contributed by atoms with van der Waals surface area (Å²) in [5.74, 6) is 0.0680. The number of amides is 1. The highest BCUT2D eigenvalue weighted by Gasteiger charge is 2.15. The van der Waals surface area contributed by atoms with E-state index in [0.29, 0.717) is 28.1 Å². The maximum Gasteiger partial charge on any atom is 0.270 e. The topological polar surface area (TPSA) is 93.5 Å². The van der Waals surface area contributed by atoms with Crippen LogP contribution in [0.2, 0.25) is 0 Å². The van der Waals surface area contributed by atoms with Crippen LogP contribution in [0, 0.1) is 10.1 Å². The van der Waals surface area contributed by atoms with Gasteiger partial charge in [0.15, 0.2) is 5.11 Å². The van der Waals surface area contributed by atoms with Gasteiger partial charge in [-0.1, -0.05) is 19.1 Å². The molecule has 0 spiro atoms. The van der Waals surface area contributed by atoms with E-state index in [-0.39, 0.29) is 10.8 Å². The van der Waals surface area contributed by atoms with Crippen molar-refractivity contribution in [2.75, 3.05) is 11.9 Å². The summed E-state index contributed by atoms with van der Waals surface area (Å²) in [6, 6.07) is 11.1. The molecule has 0 radical (unpaired) electrons. The summed E-state index contributed by atoms with van der Waals surface area (Å²) < 4.78 is 6.02. The van der Waals surface area contributed by atoms with Crippen LogP contribution in [0.5, 0.6) is 5.75 Å². The number of nitrogens with zero attached hydrogens (tertiary/aromatic N) is 1. The first-order chi connectivity index (χ1) is 12.4. The number of hydrogen-bond donors (Lipinski definition) is 2. The number of ether oxygens (including phenoxy) is 1. The number of non-ortho nitro benzene ring substituents is 1. The molecule has 0 aliphatic carbocycles. The number of thiocarbonyl (C=S) groups is 1. The number of rotatable bonds is 6. The molecule has 0 heterocycles. The smallest absolute Gasteiger partial charge is 0.270 e. The minimum atomic E-state index is -0.498. The van der Waals surface area contributed by atoms with Crippen LogP contribution in [-0.4, -0.2) is 22.5 Å². The monoisotopic (exact) mass is 437 g/mol. The highest BCUT2D eigenvalue weighted by atomic mass is 79.9. The molecule has 9 heteroatoms. The van der Waals surface area contributed by atoms with Crippen LogP contribution < -0.4 is 15.4 Å². The Morgan fingerprint density at radius 1 is 1.31 bits per heavy atom. The Labute approximate surface area is 164 Å². The third kappa shape index (κ3) is 5.24. The summed E-state index contributed by atoms with van der Waals surface area (Å²) in [7, 11) is 0. The summed E-state index contributed by atoms with van der Waals surface area (Å²) in [5, 5.41) is 16.2. The Kier molecular flexibility index (Phi) is 7.05. The van der Waals surface area contributed by atoms with Gasteiger partial charge in [-0.05, 0) is 52.8 Å². The van der Waals surface area contributed by atoms with E-state index in [4.69, 9.17) is 17.0 Å². The summed E-state index contributed by atoms with van der Waals surface area (Å²) in [6.07, 6.45) is 0.824. The van der Waals surface area contributed by atoms with Gasteiger partial charge in [0.1, 0.15) is 5.75 Å². The van der Waals surface area contributed by atoms with Crippen LogP contribution in [0.15, 0.2) is 46.9 Å². The lowest BCUT2D eigenvalue weighted by atomic mass is 10.2. The van der Waals surface area contributed by atoms with E-state index >= 15 is 0 Å². The molecule has 1 amide bonds. The molecule has 7 nitrogen and oxygen atoms in total. The molecule has 0 bridgehead atoms. The number of anilines is 1. The first-order valence-electron chi connectivity index (χ1n) is 7.70. The lowest BCUT2D eigenvalue weighted by molar-refractivity contribution is -0.384. The second kappa shape index (κ2) is 9.25. The third-order valence-corrected chi connectivity index (χ3v) is 4.09. The highest BCUT2D eigenvalue weighted by Crippen LogP contribution is 2.27. The summed E-state index contributed by atoms with van der Waals surface area (Å²) in [5.41, 5.74) is 0.809. The number of nitro groups is 1. The normalized spacial score (nSPS) is 10.1. The molecule has 2 N–H and O–H groups in total. The second-order valence-corrected chi connectivity index (χ2v) is 6.44. The molecular formula is C17H16BrN3O4S. The zero-order valence-electron chi connectivity index (χ0n) is 13.8. The third-order valence-electron chi connectivity index (χ3n) is 3.23. The average Bonchev–Trinajstić information content (AvgIpc) is 2.61. The molecule has 26 heavy (non-hydrogen) atoms. The number of para-hydroxylation sites is 1. The van der Waals surface area contributed by atoms with Crippen molar-refractivity contribution in [2.45, 2.75) is 13.3 Å². The molecule has 0 unspecified atom stereocenters. The van der Waals surface area contributed by atoms with E-state index < -0.39 is 10.8 Å². The SMILES string of the molecule is CCCOc1ccccc1C(=O)NC(=S)Nc1ccc([N+](=O)[O-])cc1Br. The molecule has 0 saturated carbocycles. The van der Waals surface area contributed by atoms with Crippen LogP contribution in [0.4, 0.5) is 11.4 Å². The maximum atomic E-state index is 12.4. The number of benzene rings is 2. The maximum absolute atomic E-state index is 12.4. The van der Waals surface area contributed by atoms with E-state index in [1.165, 1.54) is 18.2 Å². The van der Waals surface area contributed by atoms with E-state index in [0.717, 1.165) is 6.42 Å². The molecule has 0 aliphatic heterocycles. The minimum absolute atomic E-state index is 0.0561. The van der Waals surface area contributed by atoms with Gasteiger partial charge in [-0.25, -0.2) is 0 Å². The van der Waals surface area contributed by atoms with E-state index in [9.17, 15) is 14.9 Å². The van der Waals surface area contributed by atoms with Gasteiger partial charge in [0.2, 0.25) is 0 Å². The van der Waals surface area contributed by atoms with Gasteiger partial charge in [0.25, 0.3) is 11.6 Å². The van der Waals surface area contributed by atoms with E-state index in [2.05, 4.69) is 26.6 Å². The predicted molar refractivity (Wildman–Crippen MR) is 107 cm³/mol. The summed E-state index contributed by atoms with van der Waals surface area (Å²) >= 11 is 8.38. The number of hydrogen-bond acceptors (Lipinski definition) is 5. The number of carbonyl (C=O) groups is 1. The fourth-order valence-electron chi connectivity index (χ4n) is 2.04. The standard InChI is InChI=1S/C17H16BrN3O4S/c1-2-9-25-15-6-4-3-5-12(15)16(22)20-17(26)19-14-8-7-11(21(23)24)10-13(14)18/h3-8,10H,2,9H2,1H3,(H2,19,20,22,26). The molecule has 2 aromatic rings. The van der Waals surface area contributed by atoms with Gasteiger partial charge >= 0.3 is 0 Å². The molecule has 0 fully saturated rings. The van der Waals surface area contributed by atoms with Crippen molar-refractivity contribution in [3.8, 4) is 5.75 Å². The van der Waals surface area contributed by atoms with Crippen LogP contribution in [0.25, 0.3) is 0 Å². The Bertz CT molecular complexity index is 845. The van der Waals surface area contributed by atoms with Crippen LogP contribution in [-0.2, 0) is 0 Å². The van der Waals surface area contributed by atoms with Crippen molar-refractivity contribution in [3.05, 3.63) is 62.6 Å². The van der Waals surface area contributed by atoms with Crippen molar-refractivity contribution in [1.29, 1.82) is 0 Å². The van der Waals surface area contributed by atoms with Crippen molar-refractivity contribution >= 4 is 50.5 Å². The van der Waals surface area contributed by atoms with Gasteiger partial charge in [-0.3, -0.25) is 20.2 Å². The highest BCUT2D eigenvalue weighted by molar-refractivity contribution is 9.10. The van der Waals surface area contributed by atoms with Crippen molar-refractivity contribution in [2.24, 2.45) is 0 Å². The van der Waals surface area contributed by atoms with E-state index in [1.54, 1.807) is 24.3 Å². The lowest BCUT2D eigenvalue weighted by Gasteiger charge is -2.13. The molecule has 0 aromatic heterocycles. The Balaban J connectivity index is 2.06. The first kappa shape index (κ1) is 19.8. The molecule has 2 rings (SSSR count).